The van der Waals surface area contributed by atoms with Crippen molar-refractivity contribution in [3.63, 3.8) is 0 Å². The second-order valence-corrected chi connectivity index (χ2v) is 6.32. The third-order valence-corrected chi connectivity index (χ3v) is 4.11. The first kappa shape index (κ1) is 20.7. The summed E-state index contributed by atoms with van der Waals surface area (Å²) < 4.78 is 19.1. The quantitative estimate of drug-likeness (QED) is 0.465. The molecular weight excluding hydrogens is 417 g/mol. The number of halogens is 2. The molecule has 3 aromatic carbocycles. The highest BCUT2D eigenvalue weighted by molar-refractivity contribution is 6.30. The summed E-state index contributed by atoms with van der Waals surface area (Å²) in [6.45, 7) is 0. The van der Waals surface area contributed by atoms with Gasteiger partial charge in [0.25, 0.3) is 11.8 Å². The lowest BCUT2D eigenvalue weighted by molar-refractivity contribution is -0.385. The van der Waals surface area contributed by atoms with Gasteiger partial charge in [-0.05, 0) is 48.5 Å². The molecule has 2 N–H and O–H groups in total. The first-order valence-electron chi connectivity index (χ1n) is 8.42. The molecule has 0 fully saturated rings. The lowest BCUT2D eigenvalue weighted by atomic mass is 10.2. The van der Waals surface area contributed by atoms with E-state index in [-0.39, 0.29) is 33.3 Å². The number of nitrogens with zero attached hydrogens (tertiary/aromatic N) is 1. The highest BCUT2D eigenvalue weighted by Gasteiger charge is 2.17. The van der Waals surface area contributed by atoms with Crippen LogP contribution >= 0.6 is 11.6 Å². The maximum absolute atomic E-state index is 13.6. The fourth-order valence-corrected chi connectivity index (χ4v) is 2.59. The predicted octanol–water partition coefficient (Wildman–Crippen LogP) is 4.25. The topological polar surface area (TPSA) is 111 Å². The zero-order chi connectivity index (χ0) is 21.7. The molecule has 0 aliphatic heterocycles. The molecule has 0 radical (unpaired) electrons. The van der Waals surface area contributed by atoms with E-state index in [0.29, 0.717) is 0 Å². The van der Waals surface area contributed by atoms with Crippen molar-refractivity contribution in [2.75, 3.05) is 0 Å². The average molecular weight is 430 g/mol. The van der Waals surface area contributed by atoms with Gasteiger partial charge in [0, 0.05) is 16.7 Å². The lowest BCUT2D eigenvalue weighted by Gasteiger charge is -2.09. The molecule has 2 amide bonds. The third-order valence-electron chi connectivity index (χ3n) is 3.87. The number of amides is 2. The molecular formula is C20H13ClFN3O5. The Morgan fingerprint density at radius 2 is 1.63 bits per heavy atom. The molecule has 152 valence electrons. The Morgan fingerprint density at radius 3 is 2.30 bits per heavy atom. The zero-order valence-corrected chi connectivity index (χ0v) is 15.9. The first-order chi connectivity index (χ1) is 14.3. The number of hydrogen-bond acceptors (Lipinski definition) is 5. The number of carbonyl (C=O) groups is 2. The number of carbonyl (C=O) groups excluding carboxylic acids is 2. The monoisotopic (exact) mass is 429 g/mol. The summed E-state index contributed by atoms with van der Waals surface area (Å²) in [7, 11) is 0. The number of hydrogen-bond donors (Lipinski definition) is 2. The van der Waals surface area contributed by atoms with E-state index in [4.69, 9.17) is 16.3 Å². The molecule has 0 aliphatic carbocycles. The Kier molecular flexibility index (Phi) is 6.23. The minimum Gasteiger partial charge on any atom is -0.450 e. The molecule has 0 unspecified atom stereocenters. The van der Waals surface area contributed by atoms with E-state index in [2.05, 4.69) is 10.9 Å². The van der Waals surface area contributed by atoms with Crippen molar-refractivity contribution in [1.82, 2.24) is 10.9 Å². The summed E-state index contributed by atoms with van der Waals surface area (Å²) in [5.74, 6) is -1.95. The second kappa shape index (κ2) is 9.01. The van der Waals surface area contributed by atoms with Gasteiger partial charge in [-0.15, -0.1) is 0 Å². The molecule has 0 aliphatic rings. The van der Waals surface area contributed by atoms with Gasteiger partial charge >= 0.3 is 5.69 Å². The summed E-state index contributed by atoms with van der Waals surface area (Å²) in [5, 5.41) is 11.3. The molecule has 0 saturated heterocycles. The van der Waals surface area contributed by atoms with Crippen LogP contribution in [0.1, 0.15) is 20.7 Å². The van der Waals surface area contributed by atoms with Crippen LogP contribution in [0.3, 0.4) is 0 Å². The average Bonchev–Trinajstić information content (AvgIpc) is 2.73. The van der Waals surface area contributed by atoms with Gasteiger partial charge in [-0.2, -0.15) is 0 Å². The number of nitro benzene ring substituents is 1. The molecule has 0 atom stereocenters. The molecule has 3 aromatic rings. The van der Waals surface area contributed by atoms with Gasteiger partial charge in [0.05, 0.1) is 10.5 Å². The fourth-order valence-electron chi connectivity index (χ4n) is 2.42. The number of nitro groups is 1. The Bertz CT molecular complexity index is 1120. The lowest BCUT2D eigenvalue weighted by Crippen LogP contribution is -2.41. The second-order valence-electron chi connectivity index (χ2n) is 5.88. The fraction of sp³-hybridized carbons (Fsp3) is 0. The third kappa shape index (κ3) is 4.89. The smallest absolute Gasteiger partial charge is 0.313 e. The van der Waals surface area contributed by atoms with Crippen LogP contribution in [0.5, 0.6) is 11.5 Å². The van der Waals surface area contributed by atoms with Crippen molar-refractivity contribution >= 4 is 29.1 Å². The van der Waals surface area contributed by atoms with E-state index in [0.717, 1.165) is 12.1 Å². The number of nitrogens with one attached hydrogen (secondary N) is 2. The molecule has 0 bridgehead atoms. The van der Waals surface area contributed by atoms with Gasteiger partial charge in [0.2, 0.25) is 5.75 Å². The molecule has 0 heterocycles. The van der Waals surface area contributed by atoms with Crippen LogP contribution < -0.4 is 15.6 Å². The molecule has 3 rings (SSSR count). The van der Waals surface area contributed by atoms with Gasteiger partial charge in [0.15, 0.2) is 0 Å². The van der Waals surface area contributed by atoms with Crippen LogP contribution in [0.15, 0.2) is 66.7 Å². The van der Waals surface area contributed by atoms with Gasteiger partial charge < -0.3 is 4.74 Å². The van der Waals surface area contributed by atoms with Gasteiger partial charge in [0.1, 0.15) is 11.6 Å². The SMILES string of the molecule is O=C(NNC(=O)c1ccccc1F)c1ccc(Oc2ccc(Cl)cc2[N+](=O)[O-])cc1. The largest absolute Gasteiger partial charge is 0.450 e. The maximum Gasteiger partial charge on any atom is 0.313 e. The Labute approximate surface area is 174 Å². The van der Waals surface area contributed by atoms with Crippen LogP contribution in [-0.4, -0.2) is 16.7 Å². The normalized spacial score (nSPS) is 10.2. The molecule has 30 heavy (non-hydrogen) atoms. The Balaban J connectivity index is 1.64. The van der Waals surface area contributed by atoms with Crippen LogP contribution in [0, 0.1) is 15.9 Å². The summed E-state index contributed by atoms with van der Waals surface area (Å²) >= 11 is 5.76. The Morgan fingerprint density at radius 1 is 0.967 bits per heavy atom. The summed E-state index contributed by atoms with van der Waals surface area (Å²) in [6, 6.07) is 14.9. The van der Waals surface area contributed by atoms with Crippen molar-refractivity contribution in [2.24, 2.45) is 0 Å². The van der Waals surface area contributed by atoms with Gasteiger partial charge in [-0.25, -0.2) is 4.39 Å². The van der Waals surface area contributed by atoms with E-state index in [1.165, 1.54) is 54.6 Å². The van der Waals surface area contributed by atoms with Crippen LogP contribution in [-0.2, 0) is 0 Å². The van der Waals surface area contributed by atoms with E-state index in [1.54, 1.807) is 0 Å². The van der Waals surface area contributed by atoms with E-state index >= 15 is 0 Å². The minimum absolute atomic E-state index is 0.0150. The van der Waals surface area contributed by atoms with Crippen LogP contribution in [0.2, 0.25) is 5.02 Å². The number of benzene rings is 3. The minimum atomic E-state index is -0.809. The molecule has 0 spiro atoms. The molecule has 0 saturated carbocycles. The van der Waals surface area contributed by atoms with Crippen molar-refractivity contribution < 1.29 is 23.6 Å². The van der Waals surface area contributed by atoms with Crippen LogP contribution in [0.25, 0.3) is 0 Å². The van der Waals surface area contributed by atoms with Crippen LogP contribution in [0.4, 0.5) is 10.1 Å². The van der Waals surface area contributed by atoms with Crippen molar-refractivity contribution in [2.45, 2.75) is 0 Å². The maximum atomic E-state index is 13.6. The first-order valence-corrected chi connectivity index (χ1v) is 8.80. The molecule has 10 heteroatoms. The van der Waals surface area contributed by atoms with E-state index in [1.807, 2.05) is 0 Å². The zero-order valence-electron chi connectivity index (χ0n) is 15.1. The van der Waals surface area contributed by atoms with Crippen molar-refractivity contribution in [1.29, 1.82) is 0 Å². The number of hydrazine groups is 1. The van der Waals surface area contributed by atoms with Gasteiger partial charge in [-0.1, -0.05) is 23.7 Å². The number of ether oxygens (including phenoxy) is 1. The summed E-state index contributed by atoms with van der Waals surface area (Å²) in [6.07, 6.45) is 0. The number of rotatable bonds is 5. The van der Waals surface area contributed by atoms with Crippen molar-refractivity contribution in [3.05, 3.63) is 98.8 Å². The highest BCUT2D eigenvalue weighted by atomic mass is 35.5. The molecule has 8 nitrogen and oxygen atoms in total. The molecule has 0 aromatic heterocycles. The standard InChI is InChI=1S/C20H13ClFN3O5/c21-13-7-10-18(17(11-13)25(28)29)30-14-8-5-12(6-9-14)19(26)23-24-20(27)15-3-1-2-4-16(15)22/h1-11H,(H,23,26)(H,24,27). The van der Waals surface area contributed by atoms with E-state index in [9.17, 15) is 24.1 Å². The highest BCUT2D eigenvalue weighted by Crippen LogP contribution is 2.33. The Hall–Kier alpha value is -3.98. The van der Waals surface area contributed by atoms with Gasteiger partial charge in [-0.3, -0.25) is 30.6 Å². The van der Waals surface area contributed by atoms with Crippen molar-refractivity contribution in [3.8, 4) is 11.5 Å². The summed E-state index contributed by atoms with van der Waals surface area (Å²) in [5.41, 5.74) is 3.94. The predicted molar refractivity (Wildman–Crippen MR) is 106 cm³/mol. The van der Waals surface area contributed by atoms with E-state index < -0.39 is 22.6 Å². The summed E-state index contributed by atoms with van der Waals surface area (Å²) in [4.78, 5) is 34.6.